The molecule has 0 radical (unpaired) electrons. The fraction of sp³-hybridized carbons (Fsp3) is 0.214. The number of carbonyl (C=O) groups excluding carboxylic acids is 1. The van der Waals surface area contributed by atoms with Crippen molar-refractivity contribution in [2.45, 2.75) is 33.0 Å². The summed E-state index contributed by atoms with van der Waals surface area (Å²) >= 11 is 0. The third kappa shape index (κ3) is 6.11. The van der Waals surface area contributed by atoms with Crippen LogP contribution in [0.3, 0.4) is 0 Å². The number of carbonyl (C=O) groups is 1. The van der Waals surface area contributed by atoms with Gasteiger partial charge in [-0.1, -0.05) is 60.7 Å². The molecule has 1 N–H and O–H groups in total. The zero-order valence-electron chi connectivity index (χ0n) is 19.5. The van der Waals surface area contributed by atoms with Crippen LogP contribution in [0, 0.1) is 0 Å². The van der Waals surface area contributed by atoms with Gasteiger partial charge in [-0.3, -0.25) is 9.69 Å². The minimum Gasteiger partial charge on any atom is -0.457 e. The highest BCUT2D eigenvalue weighted by Gasteiger charge is 2.20. The zero-order chi connectivity index (χ0) is 23.8. The molecule has 4 rings (SSSR count). The number of nitrogens with zero attached hydrogens (tertiary/aromatic N) is 2. The lowest BCUT2D eigenvalue weighted by Gasteiger charge is -2.28. The van der Waals surface area contributed by atoms with Gasteiger partial charge in [0, 0.05) is 19.1 Å². The first-order valence-corrected chi connectivity index (χ1v) is 11.5. The Morgan fingerprint density at radius 1 is 0.971 bits per heavy atom. The second-order valence-electron chi connectivity index (χ2n) is 8.04. The highest BCUT2D eigenvalue weighted by molar-refractivity contribution is 5.91. The monoisotopic (exact) mass is 455 g/mol. The van der Waals surface area contributed by atoms with E-state index in [2.05, 4.69) is 40.3 Å². The van der Waals surface area contributed by atoms with Crippen molar-refractivity contribution in [3.8, 4) is 11.5 Å². The molecule has 1 amide bonds. The lowest BCUT2D eigenvalue weighted by molar-refractivity contribution is 0.0950. The molecule has 3 aromatic carbocycles. The maximum atomic E-state index is 12.1. The average Bonchev–Trinajstić information content (AvgIpc) is 3.34. The van der Waals surface area contributed by atoms with Crippen LogP contribution in [-0.2, 0) is 13.1 Å². The Kier molecular flexibility index (Phi) is 7.73. The summed E-state index contributed by atoms with van der Waals surface area (Å²) in [5.41, 5.74) is 2.59. The van der Waals surface area contributed by atoms with E-state index in [9.17, 15) is 4.79 Å². The Hall–Kier alpha value is -3.90. The molecule has 6 nitrogen and oxygen atoms in total. The molecule has 1 atom stereocenters. The minimum atomic E-state index is -0.231. The zero-order valence-corrected chi connectivity index (χ0v) is 19.5. The molecule has 174 valence electrons. The van der Waals surface area contributed by atoms with E-state index in [4.69, 9.17) is 9.15 Å². The Morgan fingerprint density at radius 2 is 1.68 bits per heavy atom. The molecular formula is C28H29N3O3. The van der Waals surface area contributed by atoms with E-state index >= 15 is 0 Å². The quantitative estimate of drug-likeness (QED) is 0.319. The van der Waals surface area contributed by atoms with Crippen LogP contribution in [0.4, 0.5) is 0 Å². The van der Waals surface area contributed by atoms with Crippen molar-refractivity contribution in [3.63, 3.8) is 0 Å². The maximum absolute atomic E-state index is 12.1. The van der Waals surface area contributed by atoms with Crippen LogP contribution in [0.2, 0.25) is 0 Å². The molecule has 0 fully saturated rings. The number of para-hydroxylation sites is 1. The van der Waals surface area contributed by atoms with Gasteiger partial charge in [-0.05, 0) is 49.2 Å². The predicted octanol–water partition coefficient (Wildman–Crippen LogP) is 5.98. The van der Waals surface area contributed by atoms with Crippen LogP contribution < -0.4 is 10.1 Å². The number of aromatic nitrogens is 1. The largest absolute Gasteiger partial charge is 0.457 e. The van der Waals surface area contributed by atoms with Gasteiger partial charge in [0.2, 0.25) is 5.89 Å². The molecule has 1 heterocycles. The number of oxazole rings is 1. The normalized spacial score (nSPS) is 11.9. The standard InChI is InChI=1S/C28H29N3O3/c1-3-29-28(32)26-20-33-27(30-26)19-31(21(2)23-12-6-4-7-13-23)18-22-11-10-16-25(17-22)34-24-14-8-5-9-15-24/h4-17,20-21H,3,18-19H2,1-2H3,(H,29,32). The topological polar surface area (TPSA) is 67.6 Å². The van der Waals surface area contributed by atoms with E-state index in [1.165, 1.54) is 11.8 Å². The van der Waals surface area contributed by atoms with E-state index < -0.39 is 0 Å². The van der Waals surface area contributed by atoms with Gasteiger partial charge >= 0.3 is 0 Å². The van der Waals surface area contributed by atoms with Crippen molar-refractivity contribution < 1.29 is 13.9 Å². The molecule has 4 aromatic rings. The van der Waals surface area contributed by atoms with Crippen molar-refractivity contribution in [2.24, 2.45) is 0 Å². The molecule has 0 saturated heterocycles. The molecule has 1 aromatic heterocycles. The van der Waals surface area contributed by atoms with Crippen LogP contribution in [-0.4, -0.2) is 22.3 Å². The van der Waals surface area contributed by atoms with Gasteiger partial charge in [-0.25, -0.2) is 4.98 Å². The fourth-order valence-electron chi connectivity index (χ4n) is 3.75. The SMILES string of the molecule is CCNC(=O)c1coc(CN(Cc2cccc(Oc3ccccc3)c2)C(C)c2ccccc2)n1. The van der Waals surface area contributed by atoms with Crippen LogP contribution in [0.25, 0.3) is 0 Å². The molecule has 0 spiro atoms. The van der Waals surface area contributed by atoms with E-state index in [-0.39, 0.29) is 11.9 Å². The Bertz CT molecular complexity index is 1190. The van der Waals surface area contributed by atoms with Crippen molar-refractivity contribution in [1.29, 1.82) is 0 Å². The molecule has 0 aliphatic heterocycles. The summed E-state index contributed by atoms with van der Waals surface area (Å²) in [4.78, 5) is 18.8. The van der Waals surface area contributed by atoms with Crippen molar-refractivity contribution in [1.82, 2.24) is 15.2 Å². The third-order valence-corrected chi connectivity index (χ3v) is 5.55. The molecule has 34 heavy (non-hydrogen) atoms. The summed E-state index contributed by atoms with van der Waals surface area (Å²) < 4.78 is 11.7. The smallest absolute Gasteiger partial charge is 0.273 e. The first-order chi connectivity index (χ1) is 16.6. The molecule has 0 bridgehead atoms. The molecular weight excluding hydrogens is 426 g/mol. The molecule has 1 unspecified atom stereocenters. The van der Waals surface area contributed by atoms with Gasteiger partial charge in [-0.2, -0.15) is 0 Å². The summed E-state index contributed by atoms with van der Waals surface area (Å²) in [5, 5.41) is 2.75. The highest BCUT2D eigenvalue weighted by atomic mass is 16.5. The third-order valence-electron chi connectivity index (χ3n) is 5.55. The fourth-order valence-corrected chi connectivity index (χ4v) is 3.75. The Morgan fingerprint density at radius 3 is 2.41 bits per heavy atom. The molecule has 0 saturated carbocycles. The second-order valence-corrected chi connectivity index (χ2v) is 8.04. The number of hydrogen-bond donors (Lipinski definition) is 1. The van der Waals surface area contributed by atoms with E-state index in [1.54, 1.807) is 0 Å². The van der Waals surface area contributed by atoms with E-state index in [1.807, 2.05) is 73.7 Å². The lowest BCUT2D eigenvalue weighted by Crippen LogP contribution is -2.27. The first-order valence-electron chi connectivity index (χ1n) is 11.5. The van der Waals surface area contributed by atoms with Crippen LogP contribution in [0.5, 0.6) is 11.5 Å². The minimum absolute atomic E-state index is 0.0970. The summed E-state index contributed by atoms with van der Waals surface area (Å²) in [6, 6.07) is 28.2. The first kappa shape index (κ1) is 23.3. The van der Waals surface area contributed by atoms with Crippen molar-refractivity contribution >= 4 is 5.91 Å². The highest BCUT2D eigenvalue weighted by Crippen LogP contribution is 2.27. The summed E-state index contributed by atoms with van der Waals surface area (Å²) in [6.45, 7) is 5.69. The van der Waals surface area contributed by atoms with E-state index in [0.717, 1.165) is 17.1 Å². The van der Waals surface area contributed by atoms with Gasteiger partial charge in [-0.15, -0.1) is 0 Å². The second kappa shape index (κ2) is 11.3. The Balaban J connectivity index is 1.55. The number of amides is 1. The van der Waals surface area contributed by atoms with Crippen molar-refractivity contribution in [2.75, 3.05) is 6.54 Å². The predicted molar refractivity (Wildman–Crippen MR) is 132 cm³/mol. The molecule has 6 heteroatoms. The van der Waals surface area contributed by atoms with Gasteiger partial charge in [0.05, 0.1) is 6.54 Å². The van der Waals surface area contributed by atoms with Gasteiger partial charge in [0.25, 0.3) is 5.91 Å². The molecule has 0 aliphatic carbocycles. The van der Waals surface area contributed by atoms with Gasteiger partial charge < -0.3 is 14.5 Å². The van der Waals surface area contributed by atoms with Crippen LogP contribution in [0.1, 0.15) is 47.4 Å². The van der Waals surface area contributed by atoms with Crippen molar-refractivity contribution in [3.05, 3.63) is 114 Å². The number of benzene rings is 3. The number of rotatable bonds is 10. The summed E-state index contributed by atoms with van der Waals surface area (Å²) in [6.07, 6.45) is 1.42. The number of hydrogen-bond acceptors (Lipinski definition) is 5. The van der Waals surface area contributed by atoms with Gasteiger partial charge in [0.15, 0.2) is 5.69 Å². The summed E-state index contributed by atoms with van der Waals surface area (Å²) in [5.74, 6) is 1.85. The van der Waals surface area contributed by atoms with E-state index in [0.29, 0.717) is 31.2 Å². The molecule has 0 aliphatic rings. The average molecular weight is 456 g/mol. The van der Waals surface area contributed by atoms with Crippen LogP contribution in [0.15, 0.2) is 95.6 Å². The number of ether oxygens (including phenoxy) is 1. The van der Waals surface area contributed by atoms with Gasteiger partial charge in [0.1, 0.15) is 17.8 Å². The lowest BCUT2D eigenvalue weighted by atomic mass is 10.1. The maximum Gasteiger partial charge on any atom is 0.273 e. The Labute approximate surface area is 200 Å². The van der Waals surface area contributed by atoms with Crippen LogP contribution >= 0.6 is 0 Å². The summed E-state index contributed by atoms with van der Waals surface area (Å²) in [7, 11) is 0. The number of nitrogens with one attached hydrogen (secondary N) is 1.